The molecule has 5 heteroatoms. The second-order valence-electron chi connectivity index (χ2n) is 3.87. The Morgan fingerprint density at radius 3 is 2.44 bits per heavy atom. The maximum atomic E-state index is 11.7. The highest BCUT2D eigenvalue weighted by Gasteiger charge is 2.27. The number of carboxylic acid groups (broad SMARTS) is 1. The van der Waals surface area contributed by atoms with E-state index in [2.05, 4.69) is 0 Å². The van der Waals surface area contributed by atoms with Gasteiger partial charge in [-0.2, -0.15) is 0 Å². The minimum atomic E-state index is -1.12. The molecule has 16 heavy (non-hydrogen) atoms. The molecule has 0 heterocycles. The van der Waals surface area contributed by atoms with Gasteiger partial charge in [0, 0.05) is 31.3 Å². The van der Waals surface area contributed by atoms with Crippen molar-refractivity contribution in [3.05, 3.63) is 12.2 Å². The molecule has 1 saturated carbocycles. The van der Waals surface area contributed by atoms with Crippen LogP contribution in [0, 0.1) is 0 Å². The Kier molecular flexibility index (Phi) is 4.98. The molecule has 0 atom stereocenters. The van der Waals surface area contributed by atoms with Gasteiger partial charge in [0.1, 0.15) is 0 Å². The summed E-state index contributed by atoms with van der Waals surface area (Å²) in [4.78, 5) is 23.6. The number of aliphatic hydroxyl groups excluding tert-OH is 1. The van der Waals surface area contributed by atoms with Crippen LogP contribution in [0.15, 0.2) is 12.2 Å². The molecule has 0 aromatic rings. The summed E-state index contributed by atoms with van der Waals surface area (Å²) in [6.07, 6.45) is 5.51. The highest BCUT2D eigenvalue weighted by atomic mass is 16.4. The lowest BCUT2D eigenvalue weighted by molar-refractivity contribution is -0.133. The molecule has 1 amide bonds. The largest absolute Gasteiger partial charge is 0.478 e. The van der Waals surface area contributed by atoms with Gasteiger partial charge in [-0.05, 0) is 25.7 Å². The van der Waals surface area contributed by atoms with Crippen LogP contribution in [0.2, 0.25) is 0 Å². The third-order valence-corrected chi connectivity index (χ3v) is 2.72. The van der Waals surface area contributed by atoms with E-state index in [1.54, 1.807) is 4.90 Å². The molecule has 2 N–H and O–H groups in total. The van der Waals surface area contributed by atoms with Gasteiger partial charge >= 0.3 is 5.97 Å². The molecule has 1 aliphatic carbocycles. The van der Waals surface area contributed by atoms with E-state index in [0.29, 0.717) is 13.0 Å². The number of carbonyl (C=O) groups excluding carboxylic acids is 1. The van der Waals surface area contributed by atoms with Gasteiger partial charge in [-0.3, -0.25) is 4.79 Å². The summed E-state index contributed by atoms with van der Waals surface area (Å²) >= 11 is 0. The average Bonchev–Trinajstić information content (AvgIpc) is 2.17. The Labute approximate surface area is 94.4 Å². The first kappa shape index (κ1) is 12.7. The van der Waals surface area contributed by atoms with Crippen molar-refractivity contribution in [2.75, 3.05) is 13.2 Å². The lowest BCUT2D eigenvalue weighted by atomic mass is 9.91. The van der Waals surface area contributed by atoms with E-state index in [0.717, 1.165) is 31.4 Å². The number of aliphatic carboxylic acids is 1. The van der Waals surface area contributed by atoms with E-state index < -0.39 is 5.97 Å². The molecule has 1 aliphatic rings. The molecular formula is C11H17NO4. The predicted octanol–water partition coefficient (Wildman–Crippen LogP) is 0.391. The van der Waals surface area contributed by atoms with Crippen LogP contribution in [0.25, 0.3) is 0 Å². The molecule has 0 saturated heterocycles. The first-order chi connectivity index (χ1) is 7.65. The van der Waals surface area contributed by atoms with Crippen molar-refractivity contribution in [1.29, 1.82) is 0 Å². The van der Waals surface area contributed by atoms with Crippen molar-refractivity contribution in [3.63, 3.8) is 0 Å². The van der Waals surface area contributed by atoms with Crippen LogP contribution in [0.4, 0.5) is 0 Å². The third-order valence-electron chi connectivity index (χ3n) is 2.72. The monoisotopic (exact) mass is 227 g/mol. The first-order valence-electron chi connectivity index (χ1n) is 5.47. The van der Waals surface area contributed by atoms with Crippen LogP contribution >= 0.6 is 0 Å². The molecule has 1 rings (SSSR count). The van der Waals surface area contributed by atoms with Gasteiger partial charge in [0.2, 0.25) is 5.91 Å². The maximum absolute atomic E-state index is 11.7. The topological polar surface area (TPSA) is 77.8 Å². The van der Waals surface area contributed by atoms with Crippen LogP contribution < -0.4 is 0 Å². The van der Waals surface area contributed by atoms with Crippen molar-refractivity contribution >= 4 is 11.9 Å². The zero-order valence-corrected chi connectivity index (χ0v) is 9.13. The fourth-order valence-corrected chi connectivity index (χ4v) is 1.65. The van der Waals surface area contributed by atoms with Gasteiger partial charge in [-0.1, -0.05) is 0 Å². The smallest absolute Gasteiger partial charge is 0.328 e. The minimum absolute atomic E-state index is 0.0408. The summed E-state index contributed by atoms with van der Waals surface area (Å²) in [5, 5.41) is 17.2. The van der Waals surface area contributed by atoms with Crippen molar-refractivity contribution in [2.45, 2.75) is 31.7 Å². The highest BCUT2D eigenvalue weighted by Crippen LogP contribution is 2.25. The quantitative estimate of drug-likeness (QED) is 0.643. The Hall–Kier alpha value is -1.36. The van der Waals surface area contributed by atoms with Crippen LogP contribution in [0.5, 0.6) is 0 Å². The molecule has 0 unspecified atom stereocenters. The fourth-order valence-electron chi connectivity index (χ4n) is 1.65. The zero-order valence-electron chi connectivity index (χ0n) is 9.13. The molecule has 0 aliphatic heterocycles. The van der Waals surface area contributed by atoms with Crippen LogP contribution in [-0.2, 0) is 9.59 Å². The highest BCUT2D eigenvalue weighted by molar-refractivity contribution is 5.94. The standard InChI is InChI=1S/C11H17NO4/c13-8-2-7-12(9-3-1-4-9)10(14)5-6-11(15)16/h5-6,9,13H,1-4,7-8H2,(H,15,16)/b6-5+. The summed E-state index contributed by atoms with van der Waals surface area (Å²) in [5.74, 6) is -1.40. The summed E-state index contributed by atoms with van der Waals surface area (Å²) in [5.41, 5.74) is 0. The molecule has 5 nitrogen and oxygen atoms in total. The summed E-state index contributed by atoms with van der Waals surface area (Å²) in [6, 6.07) is 0.220. The average molecular weight is 227 g/mol. The van der Waals surface area contributed by atoms with Crippen molar-refractivity contribution < 1.29 is 19.8 Å². The lowest BCUT2D eigenvalue weighted by Crippen LogP contribution is -2.44. The van der Waals surface area contributed by atoms with E-state index >= 15 is 0 Å². The molecule has 0 bridgehead atoms. The number of carbonyl (C=O) groups is 2. The normalized spacial score (nSPS) is 16.1. The predicted molar refractivity (Wildman–Crippen MR) is 57.8 cm³/mol. The maximum Gasteiger partial charge on any atom is 0.328 e. The zero-order chi connectivity index (χ0) is 12.0. The Bertz CT molecular complexity index is 284. The lowest BCUT2D eigenvalue weighted by Gasteiger charge is -2.37. The molecule has 0 aromatic heterocycles. The van der Waals surface area contributed by atoms with E-state index in [9.17, 15) is 9.59 Å². The number of carboxylic acids is 1. The number of aliphatic hydroxyl groups is 1. The van der Waals surface area contributed by atoms with Crippen LogP contribution in [0.3, 0.4) is 0 Å². The van der Waals surface area contributed by atoms with Crippen LogP contribution in [0.1, 0.15) is 25.7 Å². The van der Waals surface area contributed by atoms with Gasteiger partial charge in [-0.25, -0.2) is 4.79 Å². The second-order valence-corrected chi connectivity index (χ2v) is 3.87. The molecule has 90 valence electrons. The van der Waals surface area contributed by atoms with Gasteiger partial charge in [0.25, 0.3) is 0 Å². The molecule has 0 spiro atoms. The van der Waals surface area contributed by atoms with Gasteiger partial charge < -0.3 is 15.1 Å². The number of hydrogen-bond donors (Lipinski definition) is 2. The van der Waals surface area contributed by atoms with Crippen molar-refractivity contribution in [1.82, 2.24) is 4.90 Å². The summed E-state index contributed by atoms with van der Waals surface area (Å²) in [6.45, 7) is 0.531. The summed E-state index contributed by atoms with van der Waals surface area (Å²) < 4.78 is 0. The second kappa shape index (κ2) is 6.27. The molecule has 0 radical (unpaired) electrons. The van der Waals surface area contributed by atoms with Crippen molar-refractivity contribution in [2.24, 2.45) is 0 Å². The van der Waals surface area contributed by atoms with Gasteiger partial charge in [0.05, 0.1) is 0 Å². The van der Waals surface area contributed by atoms with E-state index in [-0.39, 0.29) is 18.6 Å². The van der Waals surface area contributed by atoms with E-state index in [4.69, 9.17) is 10.2 Å². The van der Waals surface area contributed by atoms with Gasteiger partial charge in [-0.15, -0.1) is 0 Å². The Morgan fingerprint density at radius 2 is 2.00 bits per heavy atom. The number of nitrogens with zero attached hydrogens (tertiary/aromatic N) is 1. The third kappa shape index (κ3) is 3.66. The molecule has 1 fully saturated rings. The number of amides is 1. The summed E-state index contributed by atoms with van der Waals surface area (Å²) in [7, 11) is 0. The first-order valence-corrected chi connectivity index (χ1v) is 5.47. The fraction of sp³-hybridized carbons (Fsp3) is 0.636. The van der Waals surface area contributed by atoms with Gasteiger partial charge in [0.15, 0.2) is 0 Å². The molecule has 0 aromatic carbocycles. The van der Waals surface area contributed by atoms with Crippen LogP contribution in [-0.4, -0.2) is 46.2 Å². The Morgan fingerprint density at radius 1 is 1.31 bits per heavy atom. The minimum Gasteiger partial charge on any atom is -0.478 e. The Balaban J connectivity index is 2.52. The SMILES string of the molecule is O=C(O)/C=C/C(=O)N(CCCO)C1CCC1. The van der Waals surface area contributed by atoms with E-state index in [1.165, 1.54) is 0 Å². The molecular weight excluding hydrogens is 210 g/mol. The number of hydrogen-bond acceptors (Lipinski definition) is 3. The number of rotatable bonds is 6. The van der Waals surface area contributed by atoms with Crippen molar-refractivity contribution in [3.8, 4) is 0 Å². The van der Waals surface area contributed by atoms with E-state index in [1.807, 2.05) is 0 Å².